The Hall–Kier alpha value is -2.09. The van der Waals surface area contributed by atoms with E-state index in [2.05, 4.69) is 11.1 Å². The minimum atomic E-state index is -0.0115. The molecule has 1 heterocycles. The van der Waals surface area contributed by atoms with Gasteiger partial charge < -0.3 is 12.4 Å². The minimum Gasteiger partial charge on any atom is -0.358 e. The molecule has 0 aliphatic rings. The summed E-state index contributed by atoms with van der Waals surface area (Å²) in [6.07, 6.45) is 1.62. The second kappa shape index (κ2) is 8.52. The second-order valence-electron chi connectivity index (χ2n) is 4.91. The van der Waals surface area contributed by atoms with Crippen LogP contribution in [0.4, 0.5) is 0 Å². The first-order valence-corrected chi connectivity index (χ1v) is 6.78. The van der Waals surface area contributed by atoms with Gasteiger partial charge in [-0.05, 0) is 5.69 Å². The summed E-state index contributed by atoms with van der Waals surface area (Å²) in [5.74, 6) is -0.0115. The van der Waals surface area contributed by atoms with E-state index in [0.29, 0.717) is 11.1 Å². The van der Waals surface area contributed by atoms with Crippen molar-refractivity contribution in [3.8, 4) is 11.3 Å². The molecule has 0 unspecified atom stereocenters. The van der Waals surface area contributed by atoms with Crippen LogP contribution in [0.25, 0.3) is 11.3 Å². The van der Waals surface area contributed by atoms with Crippen LogP contribution in [0.1, 0.15) is 21.5 Å². The van der Waals surface area contributed by atoms with Crippen molar-refractivity contribution in [2.24, 2.45) is 0 Å². The Morgan fingerprint density at radius 2 is 1.70 bits per heavy atom. The summed E-state index contributed by atoms with van der Waals surface area (Å²) < 4.78 is 0. The van der Waals surface area contributed by atoms with Gasteiger partial charge in [-0.1, -0.05) is 49.4 Å². The second-order valence-corrected chi connectivity index (χ2v) is 4.91. The van der Waals surface area contributed by atoms with Crippen molar-refractivity contribution in [1.82, 2.24) is 4.98 Å². The molecule has 119 valence electrons. The fourth-order valence-corrected chi connectivity index (χ4v) is 2.11. The van der Waals surface area contributed by atoms with Crippen LogP contribution in [0.15, 0.2) is 66.9 Å². The van der Waals surface area contributed by atoms with Gasteiger partial charge in [0.2, 0.25) is 0 Å². The number of rotatable bonds is 3. The molecular weight excluding hydrogens is 462 g/mol. The zero-order valence-corrected chi connectivity index (χ0v) is 15.4. The van der Waals surface area contributed by atoms with Gasteiger partial charge in [-0.25, -0.2) is 0 Å². The maximum Gasteiger partial charge on any atom is 0.194 e. The molecule has 23 heavy (non-hydrogen) atoms. The van der Waals surface area contributed by atoms with Gasteiger partial charge in [-0.3, -0.25) is 4.79 Å². The van der Waals surface area contributed by atoms with E-state index in [0.717, 1.165) is 16.8 Å². The van der Waals surface area contributed by atoms with Crippen molar-refractivity contribution in [2.45, 2.75) is 6.92 Å². The number of carbonyl (C=O) groups excluding carboxylic acids is 1. The van der Waals surface area contributed by atoms with E-state index in [9.17, 15) is 4.79 Å². The van der Waals surface area contributed by atoms with E-state index in [1.807, 2.05) is 67.6 Å². The van der Waals surface area contributed by atoms with Crippen molar-refractivity contribution in [3.05, 3.63) is 97.0 Å². The summed E-state index contributed by atoms with van der Waals surface area (Å²) in [6, 6.07) is 22.0. The van der Waals surface area contributed by atoms with E-state index in [1.165, 1.54) is 0 Å². The summed E-state index contributed by atoms with van der Waals surface area (Å²) in [7, 11) is 0. The van der Waals surface area contributed by atoms with Gasteiger partial charge in [0.1, 0.15) is 0 Å². The van der Waals surface area contributed by atoms with Gasteiger partial charge in [-0.15, -0.1) is 35.4 Å². The van der Waals surface area contributed by atoms with Gasteiger partial charge in [0.15, 0.2) is 5.78 Å². The Bertz CT molecular complexity index is 750. The topological polar surface area (TPSA) is 30.0 Å². The Balaban J connectivity index is 0.00000132. The molecule has 3 aromatic rings. The van der Waals surface area contributed by atoms with Crippen LogP contribution in [-0.2, 0) is 20.1 Å². The van der Waals surface area contributed by atoms with Crippen molar-refractivity contribution < 1.29 is 24.9 Å². The van der Waals surface area contributed by atoms with Gasteiger partial charge in [0.25, 0.3) is 0 Å². The van der Waals surface area contributed by atoms with E-state index in [-0.39, 0.29) is 33.3 Å². The van der Waals surface area contributed by atoms with Crippen LogP contribution >= 0.6 is 0 Å². The van der Waals surface area contributed by atoms with E-state index >= 15 is 0 Å². The summed E-state index contributed by atoms with van der Waals surface area (Å²) >= 11 is 0. The number of aromatic nitrogens is 1. The van der Waals surface area contributed by atoms with E-state index in [1.54, 1.807) is 6.20 Å². The third kappa shape index (κ3) is 4.44. The molecule has 0 saturated carbocycles. The van der Waals surface area contributed by atoms with Crippen molar-refractivity contribution >= 4 is 5.78 Å². The number of ketones is 1. The van der Waals surface area contributed by atoms with Crippen molar-refractivity contribution in [3.63, 3.8) is 0 Å². The number of hydrogen-bond acceptors (Lipinski definition) is 2. The smallest absolute Gasteiger partial charge is 0.194 e. The molecule has 0 amide bonds. The Morgan fingerprint density at radius 1 is 0.957 bits per heavy atom. The first-order chi connectivity index (χ1) is 10.2. The SMILES string of the molecule is Cc1c[c-]c(-c2ccc(C(=O)c3ccccc3)cn2)cc1.[CH3-].[Ir]. The van der Waals surface area contributed by atoms with Gasteiger partial charge in [-0.2, -0.15) is 0 Å². The third-order valence-corrected chi connectivity index (χ3v) is 3.31. The van der Waals surface area contributed by atoms with E-state index in [4.69, 9.17) is 0 Å². The van der Waals surface area contributed by atoms with Crippen LogP contribution in [0.2, 0.25) is 0 Å². The van der Waals surface area contributed by atoms with Crippen LogP contribution in [-0.4, -0.2) is 10.8 Å². The van der Waals surface area contributed by atoms with Gasteiger partial charge in [0, 0.05) is 37.4 Å². The Labute approximate surface area is 151 Å². The molecule has 0 saturated heterocycles. The van der Waals surface area contributed by atoms with Crippen molar-refractivity contribution in [1.29, 1.82) is 0 Å². The molecule has 0 atom stereocenters. The first-order valence-electron chi connectivity index (χ1n) is 6.78. The minimum absolute atomic E-state index is 0. The molecule has 3 heteroatoms. The quantitative estimate of drug-likeness (QED) is 0.408. The fourth-order valence-electron chi connectivity index (χ4n) is 2.11. The summed E-state index contributed by atoms with van der Waals surface area (Å²) in [4.78, 5) is 16.7. The van der Waals surface area contributed by atoms with Gasteiger partial charge >= 0.3 is 0 Å². The summed E-state index contributed by atoms with van der Waals surface area (Å²) in [5, 5.41) is 0. The molecule has 1 radical (unpaired) electrons. The molecule has 1 aromatic heterocycles. The number of nitrogens with zero attached hydrogens (tertiary/aromatic N) is 1. The molecular formula is C20H17IrNO-2. The maximum atomic E-state index is 12.3. The number of pyridine rings is 1. The predicted octanol–water partition coefficient (Wildman–Crippen LogP) is 4.54. The maximum absolute atomic E-state index is 12.3. The monoisotopic (exact) mass is 480 g/mol. The zero-order chi connectivity index (χ0) is 14.7. The Kier molecular flexibility index (Phi) is 7.02. The molecule has 3 rings (SSSR count). The third-order valence-electron chi connectivity index (χ3n) is 3.31. The number of hydrogen-bond donors (Lipinski definition) is 0. The average molecular weight is 480 g/mol. The molecule has 2 aromatic carbocycles. The predicted molar refractivity (Wildman–Crippen MR) is 89.5 cm³/mol. The molecule has 0 fully saturated rings. The molecule has 0 aliphatic heterocycles. The first kappa shape index (κ1) is 19.0. The van der Waals surface area contributed by atoms with Crippen LogP contribution in [0.3, 0.4) is 0 Å². The number of carbonyl (C=O) groups is 1. The van der Waals surface area contributed by atoms with Crippen LogP contribution < -0.4 is 0 Å². The number of benzene rings is 2. The molecule has 0 aliphatic carbocycles. The molecule has 0 spiro atoms. The summed E-state index contributed by atoms with van der Waals surface area (Å²) in [5.41, 5.74) is 4.18. The molecule has 2 nitrogen and oxygen atoms in total. The largest absolute Gasteiger partial charge is 0.358 e. The van der Waals surface area contributed by atoms with E-state index < -0.39 is 0 Å². The zero-order valence-electron chi connectivity index (χ0n) is 13.0. The summed E-state index contributed by atoms with van der Waals surface area (Å²) in [6.45, 7) is 2.02. The molecule has 0 N–H and O–H groups in total. The Morgan fingerprint density at radius 3 is 2.26 bits per heavy atom. The number of aryl methyl sites for hydroxylation is 1. The molecule has 0 bridgehead atoms. The van der Waals surface area contributed by atoms with Gasteiger partial charge in [0.05, 0.1) is 0 Å². The standard InChI is InChI=1S/C19H14NO.CH3.Ir/c1-14-7-9-15(10-8-14)18-12-11-17(13-20-18)19(21)16-5-3-2-4-6-16;;/h2-9,11-13H,1H3;1H3;/q2*-1;. The van der Waals surface area contributed by atoms with Crippen LogP contribution in [0.5, 0.6) is 0 Å². The van der Waals surface area contributed by atoms with Crippen molar-refractivity contribution in [2.75, 3.05) is 0 Å². The fraction of sp³-hybridized carbons (Fsp3) is 0.0500. The normalized spacial score (nSPS) is 9.43. The average Bonchev–Trinajstić information content (AvgIpc) is 2.56. The van der Waals surface area contributed by atoms with Crippen LogP contribution in [0, 0.1) is 20.4 Å².